The van der Waals surface area contributed by atoms with Crippen molar-refractivity contribution in [2.24, 2.45) is 7.05 Å². The van der Waals surface area contributed by atoms with Crippen LogP contribution >= 0.6 is 11.6 Å². The highest BCUT2D eigenvalue weighted by Crippen LogP contribution is 2.35. The summed E-state index contributed by atoms with van der Waals surface area (Å²) in [5.41, 5.74) is 1.38. The molecule has 9 nitrogen and oxygen atoms in total. The molecule has 1 unspecified atom stereocenters. The summed E-state index contributed by atoms with van der Waals surface area (Å²) >= 11 is 6.02. The van der Waals surface area contributed by atoms with Crippen LogP contribution in [-0.4, -0.2) is 42.2 Å². The zero-order chi connectivity index (χ0) is 23.9. The largest absolute Gasteiger partial charge is 0.394 e. The van der Waals surface area contributed by atoms with Gasteiger partial charge in [-0.1, -0.05) is 29.8 Å². The number of nitrogens with zero attached hydrogens (tertiary/aromatic N) is 5. The topological polar surface area (TPSA) is 115 Å². The molecule has 0 bridgehead atoms. The van der Waals surface area contributed by atoms with E-state index in [0.29, 0.717) is 34.8 Å². The molecular formula is C24H21ClN6O3. The Labute approximate surface area is 199 Å². The zero-order valence-electron chi connectivity index (χ0n) is 18.3. The quantitative estimate of drug-likeness (QED) is 0.456. The van der Waals surface area contributed by atoms with E-state index in [4.69, 9.17) is 11.6 Å². The Morgan fingerprint density at radius 3 is 2.76 bits per heavy atom. The first kappa shape index (κ1) is 22.0. The van der Waals surface area contributed by atoms with E-state index in [9.17, 15) is 14.7 Å². The lowest BCUT2D eigenvalue weighted by Crippen LogP contribution is -2.48. The second kappa shape index (κ2) is 8.51. The summed E-state index contributed by atoms with van der Waals surface area (Å²) in [7, 11) is 1.72. The first-order valence-electron chi connectivity index (χ1n) is 10.7. The number of carbonyl (C=O) groups is 1. The molecule has 1 atom stereocenters. The van der Waals surface area contributed by atoms with E-state index in [2.05, 4.69) is 20.5 Å². The predicted molar refractivity (Wildman–Crippen MR) is 126 cm³/mol. The lowest BCUT2D eigenvalue weighted by atomic mass is 9.93. The third-order valence-corrected chi connectivity index (χ3v) is 6.30. The van der Waals surface area contributed by atoms with Crippen LogP contribution in [0.15, 0.2) is 65.8 Å². The number of amides is 1. The van der Waals surface area contributed by atoms with E-state index in [1.165, 1.54) is 12.3 Å². The van der Waals surface area contributed by atoms with Gasteiger partial charge in [0.15, 0.2) is 0 Å². The molecule has 1 aliphatic rings. The minimum absolute atomic E-state index is 0.103. The van der Waals surface area contributed by atoms with Crippen molar-refractivity contribution in [1.82, 2.24) is 29.9 Å². The molecule has 0 fully saturated rings. The maximum absolute atomic E-state index is 13.5. The molecule has 1 amide bonds. The van der Waals surface area contributed by atoms with E-state index >= 15 is 0 Å². The molecule has 10 heteroatoms. The normalized spacial score (nSPS) is 16.9. The van der Waals surface area contributed by atoms with Crippen molar-refractivity contribution in [1.29, 1.82) is 0 Å². The van der Waals surface area contributed by atoms with Crippen molar-refractivity contribution >= 4 is 17.5 Å². The Bertz CT molecular complexity index is 1450. The molecule has 0 spiro atoms. The fraction of sp³-hybridized carbons (Fsp3) is 0.208. The van der Waals surface area contributed by atoms with Crippen molar-refractivity contribution in [2.75, 3.05) is 6.61 Å². The van der Waals surface area contributed by atoms with Crippen molar-refractivity contribution in [3.05, 3.63) is 93.3 Å². The van der Waals surface area contributed by atoms with Crippen LogP contribution in [0, 0.1) is 0 Å². The first-order chi connectivity index (χ1) is 16.4. The summed E-state index contributed by atoms with van der Waals surface area (Å²) in [5.74, 6) is -0.606. The molecule has 0 saturated heterocycles. The van der Waals surface area contributed by atoms with Crippen molar-refractivity contribution < 1.29 is 9.90 Å². The number of nitrogens with one attached hydrogen (secondary N) is 1. The van der Waals surface area contributed by atoms with E-state index in [1.807, 2.05) is 6.07 Å². The summed E-state index contributed by atoms with van der Waals surface area (Å²) in [6.45, 7) is -0.316. The average molecular weight is 477 g/mol. The number of hydrogen-bond acceptors (Lipinski definition) is 6. The SMILES string of the molecule is Cn1cc(-n2nc(-c3ccc(Cl)cc3)cc(C(=O)NC3(CO)CCc4ncccc43)c2=O)cn1. The van der Waals surface area contributed by atoms with Gasteiger partial charge in [0, 0.05) is 35.1 Å². The van der Waals surface area contributed by atoms with Crippen LogP contribution in [0.25, 0.3) is 16.9 Å². The number of aryl methyl sites for hydroxylation is 2. The highest BCUT2D eigenvalue weighted by Gasteiger charge is 2.41. The van der Waals surface area contributed by atoms with Gasteiger partial charge in [-0.05, 0) is 37.1 Å². The van der Waals surface area contributed by atoms with Crippen molar-refractivity contribution in [2.45, 2.75) is 18.4 Å². The van der Waals surface area contributed by atoms with E-state index in [0.717, 1.165) is 15.9 Å². The molecular weight excluding hydrogens is 456 g/mol. The molecule has 5 rings (SSSR count). The second-order valence-electron chi connectivity index (χ2n) is 8.23. The van der Waals surface area contributed by atoms with Gasteiger partial charge in [-0.25, -0.2) is 0 Å². The number of benzene rings is 1. The molecule has 0 saturated carbocycles. The maximum atomic E-state index is 13.5. The van der Waals surface area contributed by atoms with E-state index in [1.54, 1.807) is 54.5 Å². The molecule has 1 aliphatic carbocycles. The maximum Gasteiger partial charge on any atom is 0.284 e. The molecule has 2 N–H and O–H groups in total. The first-order valence-corrected chi connectivity index (χ1v) is 11.0. The van der Waals surface area contributed by atoms with Gasteiger partial charge in [-0.15, -0.1) is 0 Å². The van der Waals surface area contributed by atoms with Gasteiger partial charge in [-0.2, -0.15) is 14.9 Å². The Morgan fingerprint density at radius 2 is 2.06 bits per heavy atom. The standard InChI is InChI=1S/C24H21ClN6O3/c1-30-13-17(12-27-30)31-23(34)18(11-21(29-31)15-4-6-16(25)7-5-15)22(33)28-24(14-32)9-8-20-19(24)3-2-10-26-20/h2-7,10-13,32H,8-9,14H2,1H3,(H,28,33). The van der Waals surface area contributed by atoms with Crippen LogP contribution in [0.1, 0.15) is 28.0 Å². The summed E-state index contributed by atoms with van der Waals surface area (Å²) in [6.07, 6.45) is 5.91. The van der Waals surface area contributed by atoms with Gasteiger partial charge in [0.2, 0.25) is 0 Å². The average Bonchev–Trinajstić information content (AvgIpc) is 3.44. The number of halogens is 1. The lowest BCUT2D eigenvalue weighted by molar-refractivity contribution is 0.0827. The number of aromatic nitrogens is 5. The Balaban J connectivity index is 1.61. The van der Waals surface area contributed by atoms with Gasteiger partial charge in [0.1, 0.15) is 11.3 Å². The van der Waals surface area contributed by atoms with Gasteiger partial charge < -0.3 is 10.4 Å². The number of aliphatic hydroxyl groups excluding tert-OH is 1. The number of hydrogen-bond donors (Lipinski definition) is 2. The molecule has 0 aliphatic heterocycles. The molecule has 4 aromatic rings. The fourth-order valence-corrected chi connectivity index (χ4v) is 4.40. The predicted octanol–water partition coefficient (Wildman–Crippen LogP) is 2.25. The van der Waals surface area contributed by atoms with Gasteiger partial charge >= 0.3 is 0 Å². The van der Waals surface area contributed by atoms with Crippen LogP contribution in [-0.2, 0) is 19.0 Å². The highest BCUT2D eigenvalue weighted by atomic mass is 35.5. The minimum atomic E-state index is -1.02. The van der Waals surface area contributed by atoms with Gasteiger partial charge in [-0.3, -0.25) is 19.3 Å². The summed E-state index contributed by atoms with van der Waals surface area (Å²) < 4.78 is 2.70. The molecule has 172 valence electrons. The Kier molecular flexibility index (Phi) is 5.51. The molecule has 3 aromatic heterocycles. The fourth-order valence-electron chi connectivity index (χ4n) is 4.27. The lowest BCUT2D eigenvalue weighted by Gasteiger charge is -2.29. The van der Waals surface area contributed by atoms with Crippen molar-refractivity contribution in [3.8, 4) is 16.9 Å². The van der Waals surface area contributed by atoms with Crippen molar-refractivity contribution in [3.63, 3.8) is 0 Å². The van der Waals surface area contributed by atoms with Gasteiger partial charge in [0.05, 0.1) is 30.2 Å². The van der Waals surface area contributed by atoms with Crippen LogP contribution in [0.5, 0.6) is 0 Å². The Hall–Kier alpha value is -3.82. The van der Waals surface area contributed by atoms with Crippen LogP contribution in [0.2, 0.25) is 5.02 Å². The minimum Gasteiger partial charge on any atom is -0.394 e. The monoisotopic (exact) mass is 476 g/mol. The second-order valence-corrected chi connectivity index (χ2v) is 8.67. The molecule has 1 aromatic carbocycles. The van der Waals surface area contributed by atoms with Crippen LogP contribution in [0.3, 0.4) is 0 Å². The number of pyridine rings is 1. The summed E-state index contributed by atoms with van der Waals surface area (Å²) in [4.78, 5) is 31.2. The van der Waals surface area contributed by atoms with Crippen LogP contribution in [0.4, 0.5) is 0 Å². The number of rotatable bonds is 5. The smallest absolute Gasteiger partial charge is 0.284 e. The summed E-state index contributed by atoms with van der Waals surface area (Å²) in [5, 5.41) is 22.3. The summed E-state index contributed by atoms with van der Waals surface area (Å²) in [6, 6.07) is 12.0. The highest BCUT2D eigenvalue weighted by molar-refractivity contribution is 6.30. The number of carbonyl (C=O) groups excluding carboxylic acids is 1. The number of aliphatic hydroxyl groups is 1. The van der Waals surface area contributed by atoms with E-state index < -0.39 is 17.0 Å². The Morgan fingerprint density at radius 1 is 1.26 bits per heavy atom. The molecule has 34 heavy (non-hydrogen) atoms. The molecule has 3 heterocycles. The zero-order valence-corrected chi connectivity index (χ0v) is 19.0. The van der Waals surface area contributed by atoms with E-state index in [-0.39, 0.29) is 12.2 Å². The third kappa shape index (κ3) is 3.78. The van der Waals surface area contributed by atoms with Gasteiger partial charge in [0.25, 0.3) is 11.5 Å². The number of fused-ring (bicyclic) bond motifs is 1. The third-order valence-electron chi connectivity index (χ3n) is 6.05. The molecule has 0 radical (unpaired) electrons. The van der Waals surface area contributed by atoms with Crippen LogP contribution < -0.4 is 10.9 Å².